The number of benzene rings is 1. The second-order valence-corrected chi connectivity index (χ2v) is 7.74. The molecule has 4 rings (SSSR count). The van der Waals surface area contributed by atoms with Gasteiger partial charge in [0.25, 0.3) is 5.91 Å². The Bertz CT molecular complexity index is 907. The molecule has 1 aromatic heterocycles. The van der Waals surface area contributed by atoms with Crippen LogP contribution in [-0.2, 0) is 14.3 Å². The SMILES string of the molecule is O=C(COc1ccc(F)cc1)N[C@H]1CC[C@H](c2nnc(C3CC(OC(F)(F)F)C3)o2)OC1. The van der Waals surface area contributed by atoms with Crippen molar-refractivity contribution in [1.82, 2.24) is 15.5 Å². The molecule has 1 saturated carbocycles. The molecule has 1 aromatic carbocycles. The Morgan fingerprint density at radius 1 is 1.12 bits per heavy atom. The van der Waals surface area contributed by atoms with E-state index in [0.29, 0.717) is 18.6 Å². The first-order valence-electron chi connectivity index (χ1n) is 10.1. The molecule has 174 valence electrons. The fourth-order valence-electron chi connectivity index (χ4n) is 3.60. The Labute approximate surface area is 180 Å². The van der Waals surface area contributed by atoms with Gasteiger partial charge in [0.2, 0.25) is 11.8 Å². The summed E-state index contributed by atoms with van der Waals surface area (Å²) in [6, 6.07) is 5.13. The van der Waals surface area contributed by atoms with E-state index in [1.807, 2.05) is 0 Å². The summed E-state index contributed by atoms with van der Waals surface area (Å²) in [5.74, 6) is -0.0566. The van der Waals surface area contributed by atoms with Gasteiger partial charge in [0.05, 0.1) is 18.8 Å². The van der Waals surface area contributed by atoms with Crippen LogP contribution in [0.1, 0.15) is 49.5 Å². The van der Waals surface area contributed by atoms with Crippen molar-refractivity contribution in [2.75, 3.05) is 13.2 Å². The molecular weight excluding hydrogens is 438 g/mol. The Morgan fingerprint density at radius 2 is 1.84 bits per heavy atom. The van der Waals surface area contributed by atoms with E-state index in [0.717, 1.165) is 0 Å². The zero-order chi connectivity index (χ0) is 22.7. The quantitative estimate of drug-likeness (QED) is 0.634. The summed E-state index contributed by atoms with van der Waals surface area (Å²) in [4.78, 5) is 12.0. The summed E-state index contributed by atoms with van der Waals surface area (Å²) in [6.07, 6.45) is -4.52. The van der Waals surface area contributed by atoms with Gasteiger partial charge in [0.15, 0.2) is 6.61 Å². The van der Waals surface area contributed by atoms with Crippen molar-refractivity contribution in [2.24, 2.45) is 0 Å². The van der Waals surface area contributed by atoms with Crippen LogP contribution in [0.5, 0.6) is 5.75 Å². The molecule has 2 aliphatic rings. The summed E-state index contributed by atoms with van der Waals surface area (Å²) >= 11 is 0. The Hall–Kier alpha value is -2.73. The van der Waals surface area contributed by atoms with Gasteiger partial charge in [0, 0.05) is 5.92 Å². The van der Waals surface area contributed by atoms with E-state index >= 15 is 0 Å². The minimum atomic E-state index is -4.65. The van der Waals surface area contributed by atoms with Crippen LogP contribution in [0.2, 0.25) is 0 Å². The highest BCUT2D eigenvalue weighted by Crippen LogP contribution is 2.41. The third kappa shape index (κ3) is 5.94. The largest absolute Gasteiger partial charge is 0.522 e. The number of hydrogen-bond acceptors (Lipinski definition) is 7. The van der Waals surface area contributed by atoms with Crippen molar-refractivity contribution in [3.63, 3.8) is 0 Å². The summed E-state index contributed by atoms with van der Waals surface area (Å²) in [6.45, 7) is 0.0224. The summed E-state index contributed by atoms with van der Waals surface area (Å²) in [5, 5.41) is 10.7. The van der Waals surface area contributed by atoms with E-state index in [-0.39, 0.29) is 55.7 Å². The Balaban J connectivity index is 1.17. The number of nitrogens with zero attached hydrogens (tertiary/aromatic N) is 2. The summed E-state index contributed by atoms with van der Waals surface area (Å²) < 4.78 is 70.1. The van der Waals surface area contributed by atoms with Crippen LogP contribution in [-0.4, -0.2) is 47.8 Å². The second-order valence-electron chi connectivity index (χ2n) is 7.74. The number of alkyl halides is 3. The van der Waals surface area contributed by atoms with Gasteiger partial charge in [-0.05, 0) is 49.9 Å². The van der Waals surface area contributed by atoms with Crippen molar-refractivity contribution in [3.8, 4) is 5.75 Å². The van der Waals surface area contributed by atoms with Crippen molar-refractivity contribution in [2.45, 2.75) is 56.2 Å². The number of aromatic nitrogens is 2. The number of carbonyl (C=O) groups is 1. The lowest BCUT2D eigenvalue weighted by atomic mass is 9.82. The van der Waals surface area contributed by atoms with Gasteiger partial charge in [0.1, 0.15) is 17.7 Å². The number of halogens is 4. The van der Waals surface area contributed by atoms with E-state index in [9.17, 15) is 22.4 Å². The summed E-state index contributed by atoms with van der Waals surface area (Å²) in [7, 11) is 0. The Morgan fingerprint density at radius 3 is 2.50 bits per heavy atom. The van der Waals surface area contributed by atoms with Crippen LogP contribution < -0.4 is 10.1 Å². The molecule has 2 fully saturated rings. The van der Waals surface area contributed by atoms with Crippen molar-refractivity contribution >= 4 is 5.91 Å². The van der Waals surface area contributed by atoms with Gasteiger partial charge in [-0.1, -0.05) is 0 Å². The molecule has 8 nitrogen and oxygen atoms in total. The van der Waals surface area contributed by atoms with Crippen LogP contribution in [0, 0.1) is 5.82 Å². The number of rotatable bonds is 7. The smallest absolute Gasteiger partial charge is 0.484 e. The fourth-order valence-corrected chi connectivity index (χ4v) is 3.60. The molecule has 0 unspecified atom stereocenters. The van der Waals surface area contributed by atoms with Gasteiger partial charge in [-0.15, -0.1) is 23.4 Å². The van der Waals surface area contributed by atoms with E-state index in [4.69, 9.17) is 13.9 Å². The third-order valence-corrected chi connectivity index (χ3v) is 5.30. The minimum absolute atomic E-state index is 0.167. The zero-order valence-corrected chi connectivity index (χ0v) is 16.8. The lowest BCUT2D eigenvalue weighted by molar-refractivity contribution is -0.352. The lowest BCUT2D eigenvalue weighted by Gasteiger charge is -2.33. The number of hydrogen-bond donors (Lipinski definition) is 1. The number of carbonyl (C=O) groups excluding carboxylic acids is 1. The molecule has 2 atom stereocenters. The molecule has 0 bridgehead atoms. The maximum Gasteiger partial charge on any atom is 0.522 e. The zero-order valence-electron chi connectivity index (χ0n) is 16.8. The van der Waals surface area contributed by atoms with E-state index in [1.54, 1.807) is 0 Å². The molecule has 0 spiro atoms. The van der Waals surface area contributed by atoms with Crippen LogP contribution >= 0.6 is 0 Å². The molecule has 2 heterocycles. The number of ether oxygens (including phenoxy) is 3. The van der Waals surface area contributed by atoms with E-state index in [1.165, 1.54) is 24.3 Å². The molecule has 12 heteroatoms. The topological polar surface area (TPSA) is 95.7 Å². The standard InChI is InChI=1S/C20H21F4N3O5/c21-12-1-4-14(5-2-12)29-10-17(28)25-13-3-6-16(30-9-13)19-27-26-18(31-19)11-7-15(8-11)32-20(22,23)24/h1-2,4-5,11,13,15-16H,3,6-10H2,(H,25,28)/t11?,13-,15?,16+/m0/s1. The molecule has 1 N–H and O–H groups in total. The predicted octanol–water partition coefficient (Wildman–Crippen LogP) is 3.41. The summed E-state index contributed by atoms with van der Waals surface area (Å²) in [5.41, 5.74) is 0. The maximum atomic E-state index is 12.9. The fraction of sp³-hybridized carbons (Fsp3) is 0.550. The molecule has 32 heavy (non-hydrogen) atoms. The van der Waals surface area contributed by atoms with Gasteiger partial charge < -0.3 is 19.2 Å². The molecule has 0 radical (unpaired) electrons. The molecule has 1 saturated heterocycles. The first kappa shape index (κ1) is 22.5. The first-order valence-corrected chi connectivity index (χ1v) is 10.1. The van der Waals surface area contributed by atoms with Crippen LogP contribution in [0.25, 0.3) is 0 Å². The minimum Gasteiger partial charge on any atom is -0.484 e. The second kappa shape index (κ2) is 9.41. The Kier molecular flexibility index (Phi) is 6.60. The van der Waals surface area contributed by atoms with Gasteiger partial charge in [-0.25, -0.2) is 4.39 Å². The number of amides is 1. The lowest BCUT2D eigenvalue weighted by Crippen LogP contribution is -2.43. The van der Waals surface area contributed by atoms with Gasteiger partial charge >= 0.3 is 6.36 Å². The van der Waals surface area contributed by atoms with Crippen molar-refractivity contribution in [1.29, 1.82) is 0 Å². The average molecular weight is 459 g/mol. The predicted molar refractivity (Wildman–Crippen MR) is 99.0 cm³/mol. The van der Waals surface area contributed by atoms with Crippen LogP contribution in [0.4, 0.5) is 17.6 Å². The van der Waals surface area contributed by atoms with Crippen molar-refractivity contribution < 1.29 is 41.0 Å². The van der Waals surface area contributed by atoms with E-state index < -0.39 is 24.4 Å². The molecule has 2 aromatic rings. The van der Waals surface area contributed by atoms with E-state index in [2.05, 4.69) is 20.3 Å². The first-order chi connectivity index (χ1) is 15.2. The number of nitrogens with one attached hydrogen (secondary N) is 1. The monoisotopic (exact) mass is 459 g/mol. The molecular formula is C20H21F4N3O5. The van der Waals surface area contributed by atoms with Gasteiger partial charge in [-0.3, -0.25) is 9.53 Å². The highest BCUT2D eigenvalue weighted by molar-refractivity contribution is 5.77. The normalized spacial score (nSPS) is 25.8. The maximum absolute atomic E-state index is 12.9. The third-order valence-electron chi connectivity index (χ3n) is 5.30. The van der Waals surface area contributed by atoms with Gasteiger partial charge in [-0.2, -0.15) is 0 Å². The molecule has 1 aliphatic carbocycles. The molecule has 1 aliphatic heterocycles. The highest BCUT2D eigenvalue weighted by Gasteiger charge is 2.42. The molecule has 1 amide bonds. The average Bonchev–Trinajstić information content (AvgIpc) is 3.19. The highest BCUT2D eigenvalue weighted by atomic mass is 19.4. The van der Waals surface area contributed by atoms with Crippen LogP contribution in [0.15, 0.2) is 28.7 Å². The van der Waals surface area contributed by atoms with Crippen molar-refractivity contribution in [3.05, 3.63) is 41.9 Å². The van der Waals surface area contributed by atoms with Crippen LogP contribution in [0.3, 0.4) is 0 Å².